The molecular formula is C16H26N2O3S. The number of benzene rings is 1. The molecule has 0 bridgehead atoms. The monoisotopic (exact) mass is 326 g/mol. The molecule has 5 nitrogen and oxygen atoms in total. The minimum absolute atomic E-state index is 0.0421. The van der Waals surface area contributed by atoms with Gasteiger partial charge in [-0.2, -0.15) is 0 Å². The lowest BCUT2D eigenvalue weighted by atomic mass is 10.1. The van der Waals surface area contributed by atoms with Crippen LogP contribution in [0.25, 0.3) is 0 Å². The molecule has 0 saturated carbocycles. The molecule has 124 valence electrons. The number of unbranched alkanes of at least 4 members (excludes halogenated alkanes) is 1. The van der Waals surface area contributed by atoms with Gasteiger partial charge in [0.25, 0.3) is 0 Å². The van der Waals surface area contributed by atoms with Crippen molar-refractivity contribution in [1.29, 1.82) is 0 Å². The molecule has 1 saturated heterocycles. The highest BCUT2D eigenvalue weighted by molar-refractivity contribution is 7.89. The first-order chi connectivity index (χ1) is 10.6. The van der Waals surface area contributed by atoms with Crippen molar-refractivity contribution < 1.29 is 13.2 Å². The Morgan fingerprint density at radius 2 is 1.86 bits per heavy atom. The number of rotatable bonds is 8. The molecule has 1 aliphatic rings. The van der Waals surface area contributed by atoms with E-state index in [4.69, 9.17) is 4.74 Å². The number of sulfonamides is 1. The van der Waals surface area contributed by atoms with Crippen molar-refractivity contribution in [2.75, 3.05) is 33.4 Å². The van der Waals surface area contributed by atoms with Crippen LogP contribution in [0.3, 0.4) is 0 Å². The summed E-state index contributed by atoms with van der Waals surface area (Å²) in [5.74, 6) is 0. The molecule has 1 N–H and O–H groups in total. The number of ether oxygens (including phenoxy) is 1. The molecule has 0 amide bonds. The maximum atomic E-state index is 12.3. The number of piperidine rings is 1. The molecule has 1 fully saturated rings. The van der Waals surface area contributed by atoms with Crippen molar-refractivity contribution in [1.82, 2.24) is 9.62 Å². The summed E-state index contributed by atoms with van der Waals surface area (Å²) in [6, 6.07) is 8.62. The van der Waals surface area contributed by atoms with Crippen LogP contribution in [0.1, 0.15) is 25.7 Å². The summed E-state index contributed by atoms with van der Waals surface area (Å²) in [6.45, 7) is 3.79. The summed E-state index contributed by atoms with van der Waals surface area (Å²) in [7, 11) is -1.66. The van der Waals surface area contributed by atoms with Crippen LogP contribution in [0, 0.1) is 0 Å². The molecular weight excluding hydrogens is 300 g/mol. The smallest absolute Gasteiger partial charge is 0.240 e. The molecule has 2 rings (SSSR count). The van der Waals surface area contributed by atoms with E-state index in [0.29, 0.717) is 4.90 Å². The van der Waals surface area contributed by atoms with Crippen LogP contribution < -0.4 is 4.72 Å². The molecule has 0 unspecified atom stereocenters. The van der Waals surface area contributed by atoms with Crippen LogP contribution in [-0.4, -0.2) is 52.7 Å². The lowest BCUT2D eigenvalue weighted by molar-refractivity contribution is 0.172. The lowest BCUT2D eigenvalue weighted by Crippen LogP contribution is -2.44. The zero-order valence-corrected chi connectivity index (χ0v) is 14.0. The second-order valence-electron chi connectivity index (χ2n) is 5.75. The molecule has 6 heteroatoms. The highest BCUT2D eigenvalue weighted by Crippen LogP contribution is 2.15. The summed E-state index contributed by atoms with van der Waals surface area (Å²) in [5, 5.41) is 0. The molecule has 0 aliphatic carbocycles. The van der Waals surface area contributed by atoms with Crippen molar-refractivity contribution in [3.05, 3.63) is 30.3 Å². The van der Waals surface area contributed by atoms with Gasteiger partial charge < -0.3 is 9.64 Å². The number of likely N-dealkylation sites (tertiary alicyclic amines) is 1. The van der Waals surface area contributed by atoms with Crippen LogP contribution in [0.2, 0.25) is 0 Å². The first kappa shape index (κ1) is 17.4. The van der Waals surface area contributed by atoms with E-state index in [9.17, 15) is 8.42 Å². The first-order valence-electron chi connectivity index (χ1n) is 7.90. The Morgan fingerprint density at radius 1 is 1.18 bits per heavy atom. The Balaban J connectivity index is 1.75. The number of hydrogen-bond acceptors (Lipinski definition) is 4. The van der Waals surface area contributed by atoms with Gasteiger partial charge in [-0.05, 0) is 57.5 Å². The predicted octanol–water partition coefficient (Wildman–Crippen LogP) is 1.86. The molecule has 0 radical (unpaired) electrons. The van der Waals surface area contributed by atoms with E-state index in [0.717, 1.165) is 51.9 Å². The van der Waals surface area contributed by atoms with Gasteiger partial charge in [0.05, 0.1) is 4.90 Å². The first-order valence-corrected chi connectivity index (χ1v) is 9.39. The molecule has 1 heterocycles. The highest BCUT2D eigenvalue weighted by Gasteiger charge is 2.24. The largest absolute Gasteiger partial charge is 0.385 e. The fourth-order valence-electron chi connectivity index (χ4n) is 2.74. The van der Waals surface area contributed by atoms with Gasteiger partial charge >= 0.3 is 0 Å². The third-order valence-electron chi connectivity index (χ3n) is 4.04. The van der Waals surface area contributed by atoms with E-state index in [-0.39, 0.29) is 6.04 Å². The van der Waals surface area contributed by atoms with Gasteiger partial charge in [-0.1, -0.05) is 18.2 Å². The van der Waals surface area contributed by atoms with Gasteiger partial charge in [0.2, 0.25) is 10.0 Å². The Labute approximate surface area is 133 Å². The van der Waals surface area contributed by atoms with E-state index in [2.05, 4.69) is 9.62 Å². The van der Waals surface area contributed by atoms with Gasteiger partial charge in [0.1, 0.15) is 0 Å². The Hall–Kier alpha value is -0.950. The molecule has 22 heavy (non-hydrogen) atoms. The second-order valence-corrected chi connectivity index (χ2v) is 7.46. The highest BCUT2D eigenvalue weighted by atomic mass is 32.2. The third-order valence-corrected chi connectivity index (χ3v) is 5.57. The van der Waals surface area contributed by atoms with Crippen LogP contribution in [0.15, 0.2) is 35.2 Å². The molecule has 1 aliphatic heterocycles. The Morgan fingerprint density at radius 3 is 2.50 bits per heavy atom. The average molecular weight is 326 g/mol. The van der Waals surface area contributed by atoms with Gasteiger partial charge in [-0.15, -0.1) is 0 Å². The Kier molecular flexibility index (Phi) is 6.82. The predicted molar refractivity (Wildman–Crippen MR) is 87.3 cm³/mol. The van der Waals surface area contributed by atoms with Gasteiger partial charge in [0.15, 0.2) is 0 Å². The van der Waals surface area contributed by atoms with Crippen molar-refractivity contribution in [3.8, 4) is 0 Å². The minimum atomic E-state index is -3.39. The topological polar surface area (TPSA) is 58.6 Å². The average Bonchev–Trinajstić information content (AvgIpc) is 2.54. The summed E-state index contributed by atoms with van der Waals surface area (Å²) in [4.78, 5) is 2.75. The fraction of sp³-hybridized carbons (Fsp3) is 0.625. The quantitative estimate of drug-likeness (QED) is 0.741. The van der Waals surface area contributed by atoms with E-state index < -0.39 is 10.0 Å². The molecule has 0 atom stereocenters. The van der Waals surface area contributed by atoms with E-state index in [1.165, 1.54) is 0 Å². The van der Waals surface area contributed by atoms with Crippen molar-refractivity contribution in [2.24, 2.45) is 0 Å². The van der Waals surface area contributed by atoms with E-state index in [1.54, 1.807) is 31.4 Å². The maximum absolute atomic E-state index is 12.3. The van der Waals surface area contributed by atoms with Crippen molar-refractivity contribution in [2.45, 2.75) is 36.6 Å². The Bertz CT molecular complexity index is 526. The zero-order valence-electron chi connectivity index (χ0n) is 13.2. The normalized spacial score (nSPS) is 17.7. The SMILES string of the molecule is COCCCCN1CCC(NS(=O)(=O)c2ccccc2)CC1. The van der Waals surface area contributed by atoms with Gasteiger partial charge in [0, 0.05) is 19.8 Å². The van der Waals surface area contributed by atoms with E-state index >= 15 is 0 Å². The van der Waals surface area contributed by atoms with Gasteiger partial charge in [-0.25, -0.2) is 13.1 Å². The fourth-order valence-corrected chi connectivity index (χ4v) is 4.07. The minimum Gasteiger partial charge on any atom is -0.385 e. The molecule has 1 aromatic rings. The second kappa shape index (κ2) is 8.62. The summed E-state index contributed by atoms with van der Waals surface area (Å²) in [5.41, 5.74) is 0. The van der Waals surface area contributed by atoms with Crippen LogP contribution in [0.4, 0.5) is 0 Å². The number of hydrogen-bond donors (Lipinski definition) is 1. The maximum Gasteiger partial charge on any atom is 0.240 e. The van der Waals surface area contributed by atoms with Crippen molar-refractivity contribution in [3.63, 3.8) is 0 Å². The standard InChI is InChI=1S/C16H26N2O3S/c1-21-14-6-5-11-18-12-9-15(10-13-18)17-22(19,20)16-7-3-2-4-8-16/h2-4,7-8,15,17H,5-6,9-14H2,1H3. The number of methoxy groups -OCH3 is 1. The van der Waals surface area contributed by atoms with Crippen LogP contribution in [0.5, 0.6) is 0 Å². The van der Waals surface area contributed by atoms with Gasteiger partial charge in [-0.3, -0.25) is 0 Å². The third kappa shape index (κ3) is 5.35. The van der Waals surface area contributed by atoms with Crippen molar-refractivity contribution >= 4 is 10.0 Å². The molecule has 0 aromatic heterocycles. The number of nitrogens with one attached hydrogen (secondary N) is 1. The zero-order chi connectivity index (χ0) is 15.8. The number of nitrogens with zero attached hydrogens (tertiary/aromatic N) is 1. The summed E-state index contributed by atoms with van der Waals surface area (Å²) in [6.07, 6.45) is 3.96. The van der Waals surface area contributed by atoms with Crippen LogP contribution >= 0.6 is 0 Å². The molecule has 0 spiro atoms. The lowest BCUT2D eigenvalue weighted by Gasteiger charge is -2.32. The van der Waals surface area contributed by atoms with E-state index in [1.807, 2.05) is 6.07 Å². The van der Waals surface area contributed by atoms with Crippen LogP contribution in [-0.2, 0) is 14.8 Å². The summed E-state index contributed by atoms with van der Waals surface area (Å²) >= 11 is 0. The summed E-state index contributed by atoms with van der Waals surface area (Å²) < 4.78 is 32.5. The molecule has 1 aromatic carbocycles.